The lowest BCUT2D eigenvalue weighted by molar-refractivity contribution is -0.118. The van der Waals surface area contributed by atoms with Crippen molar-refractivity contribution in [1.29, 1.82) is 0 Å². The van der Waals surface area contributed by atoms with Crippen LogP contribution < -0.4 is 21.7 Å². The first-order valence-electron chi connectivity index (χ1n) is 6.28. The van der Waals surface area contributed by atoms with Crippen LogP contribution in [0.15, 0.2) is 18.2 Å². The second-order valence-electron chi connectivity index (χ2n) is 4.63. The number of anilines is 2. The lowest BCUT2D eigenvalue weighted by atomic mass is 10.1. The fraction of sp³-hybridized carbons (Fsp3) is 0.385. The third kappa shape index (κ3) is 3.15. The van der Waals surface area contributed by atoms with E-state index in [0.29, 0.717) is 5.56 Å². The second-order valence-corrected chi connectivity index (χ2v) is 4.63. The Morgan fingerprint density at radius 1 is 1.37 bits per heavy atom. The van der Waals surface area contributed by atoms with Gasteiger partial charge in [-0.3, -0.25) is 9.59 Å². The third-order valence-electron chi connectivity index (χ3n) is 2.94. The average molecular weight is 262 g/mol. The summed E-state index contributed by atoms with van der Waals surface area (Å²) in [6, 6.07) is 5.22. The molecule has 2 rings (SSSR count). The number of benzene rings is 1. The minimum absolute atomic E-state index is 0.131. The van der Waals surface area contributed by atoms with Crippen LogP contribution in [-0.4, -0.2) is 30.9 Å². The maximum Gasteiger partial charge on any atom is 0.253 e. The van der Waals surface area contributed by atoms with E-state index in [1.165, 1.54) is 0 Å². The molecule has 0 aliphatic carbocycles. The molecule has 0 radical (unpaired) electrons. The highest BCUT2D eigenvalue weighted by Crippen LogP contribution is 2.28. The van der Waals surface area contributed by atoms with E-state index < -0.39 is 5.91 Å². The largest absolute Gasteiger partial charge is 0.382 e. The molecular formula is C13H18N4O2. The van der Waals surface area contributed by atoms with Crippen molar-refractivity contribution in [2.45, 2.75) is 19.4 Å². The van der Waals surface area contributed by atoms with Crippen molar-refractivity contribution < 1.29 is 9.59 Å². The Kier molecular flexibility index (Phi) is 3.89. The average Bonchev–Trinajstić information content (AvgIpc) is 2.36. The van der Waals surface area contributed by atoms with Gasteiger partial charge in [-0.25, -0.2) is 0 Å². The predicted molar refractivity (Wildman–Crippen MR) is 74.2 cm³/mol. The van der Waals surface area contributed by atoms with Crippen molar-refractivity contribution >= 4 is 23.2 Å². The number of hydrogen-bond acceptors (Lipinski definition) is 4. The summed E-state index contributed by atoms with van der Waals surface area (Å²) in [6.45, 7) is 3.36. The Morgan fingerprint density at radius 3 is 2.84 bits per heavy atom. The van der Waals surface area contributed by atoms with E-state index >= 15 is 0 Å². The molecule has 5 N–H and O–H groups in total. The van der Waals surface area contributed by atoms with Gasteiger partial charge in [-0.05, 0) is 19.1 Å². The molecule has 0 fully saturated rings. The van der Waals surface area contributed by atoms with Crippen LogP contribution in [0.3, 0.4) is 0 Å². The Balaban J connectivity index is 2.13. The van der Waals surface area contributed by atoms with Gasteiger partial charge in [0.25, 0.3) is 5.91 Å². The number of nitrogens with one attached hydrogen (secondary N) is 3. The van der Waals surface area contributed by atoms with E-state index in [-0.39, 0.29) is 18.4 Å². The zero-order valence-corrected chi connectivity index (χ0v) is 10.8. The molecule has 0 aromatic heterocycles. The monoisotopic (exact) mass is 262 g/mol. The molecule has 1 heterocycles. The Bertz CT molecular complexity index is 501. The molecule has 0 bridgehead atoms. The first kappa shape index (κ1) is 13.2. The van der Waals surface area contributed by atoms with Crippen molar-refractivity contribution in [1.82, 2.24) is 5.32 Å². The van der Waals surface area contributed by atoms with E-state index in [9.17, 15) is 9.59 Å². The van der Waals surface area contributed by atoms with Crippen LogP contribution in [0.5, 0.6) is 0 Å². The van der Waals surface area contributed by atoms with Crippen molar-refractivity contribution in [3.63, 3.8) is 0 Å². The molecule has 1 aromatic carbocycles. The van der Waals surface area contributed by atoms with Gasteiger partial charge in [0.05, 0.1) is 16.9 Å². The smallest absolute Gasteiger partial charge is 0.253 e. The minimum Gasteiger partial charge on any atom is -0.382 e. The van der Waals surface area contributed by atoms with Gasteiger partial charge >= 0.3 is 0 Å². The molecular weight excluding hydrogens is 244 g/mol. The van der Waals surface area contributed by atoms with Gasteiger partial charge in [0.1, 0.15) is 0 Å². The first-order valence-corrected chi connectivity index (χ1v) is 6.28. The number of rotatable bonds is 4. The zero-order valence-electron chi connectivity index (χ0n) is 10.8. The highest BCUT2D eigenvalue weighted by atomic mass is 16.2. The lowest BCUT2D eigenvalue weighted by Crippen LogP contribution is -2.36. The van der Waals surface area contributed by atoms with Crippen molar-refractivity contribution in [3.8, 4) is 0 Å². The lowest BCUT2D eigenvalue weighted by Gasteiger charge is -2.23. The number of nitrogens with two attached hydrogens (primary N) is 1. The van der Waals surface area contributed by atoms with E-state index in [2.05, 4.69) is 16.0 Å². The van der Waals surface area contributed by atoms with Crippen LogP contribution in [-0.2, 0) is 4.79 Å². The van der Waals surface area contributed by atoms with E-state index in [1.54, 1.807) is 13.0 Å². The molecule has 19 heavy (non-hydrogen) atoms. The molecule has 0 saturated carbocycles. The number of hydrogen-bond donors (Lipinski definition) is 4. The van der Waals surface area contributed by atoms with Gasteiger partial charge in [-0.1, -0.05) is 6.07 Å². The molecule has 1 atom stereocenters. The fourth-order valence-corrected chi connectivity index (χ4v) is 2.12. The number of amides is 2. The summed E-state index contributed by atoms with van der Waals surface area (Å²) in [5.41, 5.74) is 7.40. The minimum atomic E-state index is -0.428. The first-order chi connectivity index (χ1) is 9.08. The van der Waals surface area contributed by atoms with Crippen molar-refractivity contribution in [2.75, 3.05) is 23.7 Å². The van der Waals surface area contributed by atoms with Crippen molar-refractivity contribution in [2.24, 2.45) is 5.73 Å². The molecule has 1 unspecified atom stereocenters. The SMILES string of the molecule is CC(CC(N)=O)NC(=O)c1cccc2c1NCCN2. The molecule has 0 spiro atoms. The molecule has 1 aliphatic heterocycles. The highest BCUT2D eigenvalue weighted by Gasteiger charge is 2.18. The molecule has 102 valence electrons. The summed E-state index contributed by atoms with van der Waals surface area (Å²) in [5.74, 6) is -0.635. The van der Waals surface area contributed by atoms with Crippen LogP contribution in [0.25, 0.3) is 0 Å². The highest BCUT2D eigenvalue weighted by molar-refractivity contribution is 6.03. The van der Waals surface area contributed by atoms with Gasteiger partial charge in [-0.15, -0.1) is 0 Å². The van der Waals surface area contributed by atoms with Crippen LogP contribution in [0.1, 0.15) is 23.7 Å². The molecule has 0 saturated heterocycles. The Labute approximate surface area is 111 Å². The van der Waals surface area contributed by atoms with Gasteiger partial charge in [-0.2, -0.15) is 0 Å². The third-order valence-corrected chi connectivity index (χ3v) is 2.94. The Morgan fingerprint density at radius 2 is 2.11 bits per heavy atom. The summed E-state index contributed by atoms with van der Waals surface area (Å²) in [7, 11) is 0. The van der Waals surface area contributed by atoms with Gasteiger partial charge < -0.3 is 21.7 Å². The fourth-order valence-electron chi connectivity index (χ4n) is 2.12. The van der Waals surface area contributed by atoms with Crippen molar-refractivity contribution in [3.05, 3.63) is 23.8 Å². The number of carbonyl (C=O) groups is 2. The molecule has 2 amide bonds. The van der Waals surface area contributed by atoms with Gasteiger partial charge in [0.15, 0.2) is 0 Å². The number of carbonyl (C=O) groups excluding carboxylic acids is 2. The summed E-state index contributed by atoms with van der Waals surface area (Å²) >= 11 is 0. The Hall–Kier alpha value is -2.24. The number of fused-ring (bicyclic) bond motifs is 1. The van der Waals surface area contributed by atoms with Crippen LogP contribution >= 0.6 is 0 Å². The van der Waals surface area contributed by atoms with E-state index in [0.717, 1.165) is 24.5 Å². The number of para-hydroxylation sites is 1. The second kappa shape index (κ2) is 5.60. The maximum atomic E-state index is 12.2. The summed E-state index contributed by atoms with van der Waals surface area (Å²) in [5, 5.41) is 9.21. The normalized spacial score (nSPS) is 14.6. The van der Waals surface area contributed by atoms with Crippen LogP contribution in [0.2, 0.25) is 0 Å². The standard InChI is InChI=1S/C13H18N4O2/c1-8(7-11(14)18)17-13(19)9-3-2-4-10-12(9)16-6-5-15-10/h2-4,8,15-16H,5-7H2,1H3,(H2,14,18)(H,17,19). The summed E-state index contributed by atoms with van der Waals surface area (Å²) in [6.07, 6.45) is 0.131. The molecule has 6 heteroatoms. The summed E-state index contributed by atoms with van der Waals surface area (Å²) in [4.78, 5) is 23.0. The molecule has 1 aromatic rings. The van der Waals surface area contributed by atoms with E-state index in [1.807, 2.05) is 12.1 Å². The maximum absolute atomic E-state index is 12.2. The number of primary amides is 1. The zero-order chi connectivity index (χ0) is 13.8. The predicted octanol–water partition coefficient (Wildman–Crippen LogP) is 0.518. The van der Waals surface area contributed by atoms with Crippen LogP contribution in [0, 0.1) is 0 Å². The molecule has 6 nitrogen and oxygen atoms in total. The van der Waals surface area contributed by atoms with Gasteiger partial charge in [0.2, 0.25) is 5.91 Å². The van der Waals surface area contributed by atoms with E-state index in [4.69, 9.17) is 5.73 Å². The summed E-state index contributed by atoms with van der Waals surface area (Å²) < 4.78 is 0. The topological polar surface area (TPSA) is 96.2 Å². The van der Waals surface area contributed by atoms with Crippen LogP contribution in [0.4, 0.5) is 11.4 Å². The molecule has 1 aliphatic rings. The van der Waals surface area contributed by atoms with Gasteiger partial charge in [0, 0.05) is 25.6 Å². The quantitative estimate of drug-likeness (QED) is 0.636.